The van der Waals surface area contributed by atoms with Gasteiger partial charge in [0.1, 0.15) is 0 Å². The van der Waals surface area contributed by atoms with E-state index in [0.717, 1.165) is 25.4 Å². The first-order valence-corrected chi connectivity index (χ1v) is 4.98. The van der Waals surface area contributed by atoms with E-state index < -0.39 is 0 Å². The van der Waals surface area contributed by atoms with Crippen LogP contribution in [0.1, 0.15) is 12.1 Å². The summed E-state index contributed by atoms with van der Waals surface area (Å²) in [6.07, 6.45) is 6.33. The van der Waals surface area contributed by atoms with Gasteiger partial charge < -0.3 is 10.1 Å². The lowest BCUT2D eigenvalue weighted by Crippen LogP contribution is -2.13. The van der Waals surface area contributed by atoms with Gasteiger partial charge in [-0.05, 0) is 18.9 Å². The molecule has 0 spiro atoms. The average Bonchev–Trinajstić information content (AvgIpc) is 2.72. The highest BCUT2D eigenvalue weighted by molar-refractivity contribution is 4.91. The van der Waals surface area contributed by atoms with Crippen molar-refractivity contribution in [3.05, 3.63) is 24.3 Å². The quantitative estimate of drug-likeness (QED) is 0.760. The Balaban J connectivity index is 1.67. The second kappa shape index (κ2) is 5.02. The van der Waals surface area contributed by atoms with Crippen molar-refractivity contribution < 1.29 is 4.74 Å². The molecule has 0 saturated carbocycles. The summed E-state index contributed by atoms with van der Waals surface area (Å²) in [5, 5.41) is 3.31. The first-order chi connectivity index (χ1) is 6.95. The zero-order valence-electron chi connectivity index (χ0n) is 8.15. The SMILES string of the molecule is c1cnc(COC[C@@H]2CCNC2)cn1. The zero-order chi connectivity index (χ0) is 9.64. The molecule has 4 heteroatoms. The van der Waals surface area contributed by atoms with Crippen molar-refractivity contribution in [1.29, 1.82) is 0 Å². The summed E-state index contributed by atoms with van der Waals surface area (Å²) in [7, 11) is 0. The Hall–Kier alpha value is -1.00. The van der Waals surface area contributed by atoms with Gasteiger partial charge in [-0.15, -0.1) is 0 Å². The van der Waals surface area contributed by atoms with Gasteiger partial charge in [-0.3, -0.25) is 9.97 Å². The molecule has 0 unspecified atom stereocenters. The number of ether oxygens (including phenoxy) is 1. The van der Waals surface area contributed by atoms with E-state index in [1.807, 2.05) is 0 Å². The van der Waals surface area contributed by atoms with Crippen LogP contribution in [0, 0.1) is 5.92 Å². The number of hydrogen-bond acceptors (Lipinski definition) is 4. The number of hydrogen-bond donors (Lipinski definition) is 1. The Morgan fingerprint density at radius 1 is 1.50 bits per heavy atom. The molecule has 1 aromatic rings. The van der Waals surface area contributed by atoms with Crippen LogP contribution in [0.2, 0.25) is 0 Å². The first kappa shape index (κ1) is 9.55. The maximum atomic E-state index is 5.56. The molecule has 0 aromatic carbocycles. The van der Waals surface area contributed by atoms with Gasteiger partial charge in [0.2, 0.25) is 0 Å². The number of aromatic nitrogens is 2. The highest BCUT2D eigenvalue weighted by Gasteiger charge is 2.13. The van der Waals surface area contributed by atoms with Crippen LogP contribution in [0.3, 0.4) is 0 Å². The largest absolute Gasteiger partial charge is 0.375 e. The smallest absolute Gasteiger partial charge is 0.0903 e. The molecule has 14 heavy (non-hydrogen) atoms. The molecule has 2 heterocycles. The molecule has 1 aliphatic heterocycles. The van der Waals surface area contributed by atoms with E-state index in [0.29, 0.717) is 12.5 Å². The third kappa shape index (κ3) is 2.75. The first-order valence-electron chi connectivity index (χ1n) is 4.98. The number of nitrogens with one attached hydrogen (secondary N) is 1. The topological polar surface area (TPSA) is 47.0 Å². The van der Waals surface area contributed by atoms with Gasteiger partial charge in [0, 0.05) is 18.9 Å². The Morgan fingerprint density at radius 2 is 2.50 bits per heavy atom. The van der Waals surface area contributed by atoms with Crippen LogP contribution in [-0.2, 0) is 11.3 Å². The minimum atomic E-state index is 0.574. The molecule has 1 aliphatic rings. The normalized spacial score (nSPS) is 21.3. The van der Waals surface area contributed by atoms with Crippen molar-refractivity contribution in [2.24, 2.45) is 5.92 Å². The summed E-state index contributed by atoms with van der Waals surface area (Å²) >= 11 is 0. The second-order valence-corrected chi connectivity index (χ2v) is 3.57. The summed E-state index contributed by atoms with van der Waals surface area (Å²) < 4.78 is 5.56. The molecule has 2 rings (SSSR count). The Labute approximate surface area is 83.7 Å². The fourth-order valence-corrected chi connectivity index (χ4v) is 1.59. The fraction of sp³-hybridized carbons (Fsp3) is 0.600. The molecule has 1 saturated heterocycles. The predicted molar refractivity (Wildman–Crippen MR) is 52.7 cm³/mol. The lowest BCUT2D eigenvalue weighted by molar-refractivity contribution is 0.0900. The average molecular weight is 193 g/mol. The molecule has 1 N–H and O–H groups in total. The van der Waals surface area contributed by atoms with E-state index in [9.17, 15) is 0 Å². The molecule has 76 valence electrons. The van der Waals surface area contributed by atoms with Crippen LogP contribution < -0.4 is 5.32 Å². The van der Waals surface area contributed by atoms with Gasteiger partial charge >= 0.3 is 0 Å². The third-order valence-electron chi connectivity index (χ3n) is 2.38. The highest BCUT2D eigenvalue weighted by Crippen LogP contribution is 2.08. The number of nitrogens with zero attached hydrogens (tertiary/aromatic N) is 2. The van der Waals surface area contributed by atoms with Crippen LogP contribution in [0.25, 0.3) is 0 Å². The molecule has 0 radical (unpaired) electrons. The molecular formula is C10H15N3O. The third-order valence-corrected chi connectivity index (χ3v) is 2.38. The summed E-state index contributed by atoms with van der Waals surface area (Å²) in [6, 6.07) is 0. The molecule has 4 nitrogen and oxygen atoms in total. The molecule has 1 aromatic heterocycles. The van der Waals surface area contributed by atoms with Crippen molar-refractivity contribution in [2.75, 3.05) is 19.7 Å². The van der Waals surface area contributed by atoms with E-state index in [4.69, 9.17) is 4.74 Å². The van der Waals surface area contributed by atoms with Crippen molar-refractivity contribution in [1.82, 2.24) is 15.3 Å². The Kier molecular flexibility index (Phi) is 3.43. The van der Waals surface area contributed by atoms with Crippen molar-refractivity contribution >= 4 is 0 Å². The van der Waals surface area contributed by atoms with Gasteiger partial charge in [-0.2, -0.15) is 0 Å². The van der Waals surface area contributed by atoms with E-state index in [2.05, 4.69) is 15.3 Å². The molecule has 1 fully saturated rings. The van der Waals surface area contributed by atoms with Crippen LogP contribution in [-0.4, -0.2) is 29.7 Å². The standard InChI is InChI=1S/C10H15N3O/c1-2-11-5-9(1)7-14-8-10-6-12-3-4-13-10/h3-4,6,9,11H,1-2,5,7-8H2/t9-/m1/s1. The van der Waals surface area contributed by atoms with Crippen LogP contribution in [0.4, 0.5) is 0 Å². The van der Waals surface area contributed by atoms with Crippen molar-refractivity contribution in [3.63, 3.8) is 0 Å². The Morgan fingerprint density at radius 3 is 3.21 bits per heavy atom. The Bertz CT molecular complexity index is 259. The maximum absolute atomic E-state index is 5.56. The van der Waals surface area contributed by atoms with Gasteiger partial charge in [-0.25, -0.2) is 0 Å². The number of rotatable bonds is 4. The molecule has 0 amide bonds. The minimum Gasteiger partial charge on any atom is -0.375 e. The predicted octanol–water partition coefficient (Wildman–Crippen LogP) is 0.603. The van der Waals surface area contributed by atoms with Crippen molar-refractivity contribution in [2.45, 2.75) is 13.0 Å². The summed E-state index contributed by atoms with van der Waals surface area (Å²) in [5.74, 6) is 0.673. The second-order valence-electron chi connectivity index (χ2n) is 3.57. The van der Waals surface area contributed by atoms with E-state index in [1.165, 1.54) is 6.42 Å². The lowest BCUT2D eigenvalue weighted by atomic mass is 10.1. The monoisotopic (exact) mass is 193 g/mol. The summed E-state index contributed by atoms with van der Waals surface area (Å²) in [4.78, 5) is 8.12. The fourth-order valence-electron chi connectivity index (χ4n) is 1.59. The van der Waals surface area contributed by atoms with Gasteiger partial charge in [0.15, 0.2) is 0 Å². The molecule has 0 bridgehead atoms. The maximum Gasteiger partial charge on any atom is 0.0903 e. The minimum absolute atomic E-state index is 0.574. The van der Waals surface area contributed by atoms with Crippen LogP contribution in [0.5, 0.6) is 0 Å². The van der Waals surface area contributed by atoms with Gasteiger partial charge in [0.25, 0.3) is 0 Å². The van der Waals surface area contributed by atoms with Gasteiger partial charge in [-0.1, -0.05) is 0 Å². The van der Waals surface area contributed by atoms with E-state index in [1.54, 1.807) is 18.6 Å². The van der Waals surface area contributed by atoms with Gasteiger partial charge in [0.05, 0.1) is 25.1 Å². The molecule has 1 atom stereocenters. The lowest BCUT2D eigenvalue weighted by Gasteiger charge is -2.08. The van der Waals surface area contributed by atoms with Crippen molar-refractivity contribution in [3.8, 4) is 0 Å². The molecule has 0 aliphatic carbocycles. The highest BCUT2D eigenvalue weighted by atomic mass is 16.5. The van der Waals surface area contributed by atoms with E-state index >= 15 is 0 Å². The van der Waals surface area contributed by atoms with Crippen LogP contribution in [0.15, 0.2) is 18.6 Å². The summed E-state index contributed by atoms with van der Waals surface area (Å²) in [6.45, 7) is 3.60. The summed E-state index contributed by atoms with van der Waals surface area (Å²) in [5.41, 5.74) is 0.901. The van der Waals surface area contributed by atoms with Crippen LogP contribution >= 0.6 is 0 Å². The molecular weight excluding hydrogens is 178 g/mol. The van der Waals surface area contributed by atoms with E-state index in [-0.39, 0.29) is 0 Å². The zero-order valence-corrected chi connectivity index (χ0v) is 8.15.